The first-order valence-electron chi connectivity index (χ1n) is 6.67. The average Bonchev–Trinajstić information content (AvgIpc) is 2.65. The molecule has 0 spiro atoms. The molecule has 7 heteroatoms. The molecule has 0 aliphatic carbocycles. The van der Waals surface area contributed by atoms with E-state index in [-0.39, 0.29) is 17.4 Å². The molecule has 1 atom stereocenters. The highest BCUT2D eigenvalue weighted by molar-refractivity contribution is 6.00. The number of rotatable bonds is 2. The van der Waals surface area contributed by atoms with Crippen LogP contribution in [0.25, 0.3) is 0 Å². The molecule has 1 saturated heterocycles. The minimum absolute atomic E-state index is 0.0757. The van der Waals surface area contributed by atoms with E-state index in [0.717, 1.165) is 12.1 Å². The summed E-state index contributed by atoms with van der Waals surface area (Å²) >= 11 is 0. The van der Waals surface area contributed by atoms with Crippen LogP contribution in [-0.2, 0) is 4.74 Å². The second-order valence-corrected chi connectivity index (χ2v) is 4.91. The van der Waals surface area contributed by atoms with Gasteiger partial charge < -0.3 is 20.1 Å². The van der Waals surface area contributed by atoms with E-state index < -0.39 is 17.8 Å². The third kappa shape index (κ3) is 3.91. The number of hydrogen-bond donors (Lipinski definition) is 2. The maximum Gasteiger partial charge on any atom is 0.337 e. The van der Waals surface area contributed by atoms with Gasteiger partial charge in [0.15, 0.2) is 0 Å². The van der Waals surface area contributed by atoms with Crippen LogP contribution in [0.2, 0.25) is 0 Å². The lowest BCUT2D eigenvalue weighted by Crippen LogP contribution is -2.39. The fourth-order valence-corrected chi connectivity index (χ4v) is 2.18. The minimum atomic E-state index is -1.29. The fraction of sp³-hybridized carbons (Fsp3) is 0.429. The van der Waals surface area contributed by atoms with Crippen LogP contribution in [0.15, 0.2) is 18.2 Å². The molecule has 0 bridgehead atoms. The van der Waals surface area contributed by atoms with Gasteiger partial charge in [-0.05, 0) is 31.5 Å². The van der Waals surface area contributed by atoms with Crippen LogP contribution >= 0.6 is 0 Å². The number of ether oxygens (including phenoxy) is 1. The second-order valence-electron chi connectivity index (χ2n) is 4.91. The van der Waals surface area contributed by atoms with Gasteiger partial charge in [-0.25, -0.2) is 14.0 Å². The molecule has 0 saturated carbocycles. The molecule has 1 fully saturated rings. The summed E-state index contributed by atoms with van der Waals surface area (Å²) in [7, 11) is 0. The Morgan fingerprint density at radius 1 is 1.48 bits per heavy atom. The Morgan fingerprint density at radius 2 is 2.24 bits per heavy atom. The van der Waals surface area contributed by atoms with Crippen molar-refractivity contribution in [3.8, 4) is 0 Å². The number of hydrogen-bond acceptors (Lipinski definition) is 3. The van der Waals surface area contributed by atoms with Gasteiger partial charge in [0.25, 0.3) is 0 Å². The monoisotopic (exact) mass is 296 g/mol. The highest BCUT2D eigenvalue weighted by Gasteiger charge is 2.21. The van der Waals surface area contributed by atoms with Crippen LogP contribution in [0.3, 0.4) is 0 Å². The zero-order chi connectivity index (χ0) is 15.4. The highest BCUT2D eigenvalue weighted by atomic mass is 19.1. The van der Waals surface area contributed by atoms with Gasteiger partial charge in [0.2, 0.25) is 0 Å². The van der Waals surface area contributed by atoms with Crippen molar-refractivity contribution in [2.24, 2.45) is 0 Å². The number of nitrogens with zero attached hydrogens (tertiary/aromatic N) is 1. The van der Waals surface area contributed by atoms with Crippen LogP contribution in [0.1, 0.15) is 23.7 Å². The maximum absolute atomic E-state index is 13.1. The van der Waals surface area contributed by atoms with E-state index in [1.54, 1.807) is 4.90 Å². The number of halogens is 1. The molecule has 1 heterocycles. The lowest BCUT2D eigenvalue weighted by Gasteiger charge is -2.23. The van der Waals surface area contributed by atoms with Gasteiger partial charge in [0, 0.05) is 19.7 Å². The topological polar surface area (TPSA) is 78.9 Å². The molecule has 1 aliphatic rings. The van der Waals surface area contributed by atoms with E-state index in [4.69, 9.17) is 9.84 Å². The van der Waals surface area contributed by atoms with Crippen molar-refractivity contribution in [3.63, 3.8) is 0 Å². The van der Waals surface area contributed by atoms with E-state index in [2.05, 4.69) is 5.32 Å². The zero-order valence-electron chi connectivity index (χ0n) is 11.6. The van der Waals surface area contributed by atoms with Gasteiger partial charge in [0.1, 0.15) is 5.82 Å². The van der Waals surface area contributed by atoms with Gasteiger partial charge >= 0.3 is 12.0 Å². The predicted octanol–water partition coefficient (Wildman–Crippen LogP) is 2.17. The smallest absolute Gasteiger partial charge is 0.337 e. The molecule has 1 aliphatic heterocycles. The van der Waals surface area contributed by atoms with E-state index >= 15 is 0 Å². The zero-order valence-corrected chi connectivity index (χ0v) is 11.6. The van der Waals surface area contributed by atoms with Crippen molar-refractivity contribution < 1.29 is 23.8 Å². The summed E-state index contributed by atoms with van der Waals surface area (Å²) in [6, 6.07) is 2.82. The van der Waals surface area contributed by atoms with Crippen molar-refractivity contribution in [1.82, 2.24) is 4.90 Å². The summed E-state index contributed by atoms with van der Waals surface area (Å²) in [6.45, 7) is 3.41. The summed E-state index contributed by atoms with van der Waals surface area (Å²) in [6.07, 6.45) is 0.637. The number of benzene rings is 1. The summed E-state index contributed by atoms with van der Waals surface area (Å²) in [5.41, 5.74) is -0.200. The van der Waals surface area contributed by atoms with Gasteiger partial charge in [-0.2, -0.15) is 0 Å². The number of nitrogens with one attached hydrogen (secondary N) is 1. The Hall–Kier alpha value is -2.15. The first-order chi connectivity index (χ1) is 9.97. The summed E-state index contributed by atoms with van der Waals surface area (Å²) < 4.78 is 18.5. The van der Waals surface area contributed by atoms with E-state index in [9.17, 15) is 14.0 Å². The Balaban J connectivity index is 2.13. The number of carbonyl (C=O) groups is 2. The summed E-state index contributed by atoms with van der Waals surface area (Å²) in [4.78, 5) is 24.8. The molecular formula is C14H17FN2O4. The van der Waals surface area contributed by atoms with Crippen molar-refractivity contribution in [2.75, 3.05) is 25.0 Å². The number of amides is 2. The van der Waals surface area contributed by atoms with Crippen LogP contribution in [-0.4, -0.2) is 47.8 Å². The van der Waals surface area contributed by atoms with Crippen molar-refractivity contribution in [1.29, 1.82) is 0 Å². The maximum atomic E-state index is 13.1. The molecule has 2 amide bonds. The van der Waals surface area contributed by atoms with Crippen LogP contribution in [0.4, 0.5) is 14.9 Å². The second kappa shape index (κ2) is 6.53. The molecule has 114 valence electrons. The standard InChI is InChI=1S/C14H17FN2O4/c1-9-8-17(5-2-6-21-9)14(20)16-12-4-3-10(15)7-11(12)13(18)19/h3-4,7,9H,2,5-6,8H2,1H3,(H,16,20)(H,18,19). The van der Waals surface area contributed by atoms with E-state index in [1.807, 2.05) is 6.92 Å². The van der Waals surface area contributed by atoms with Gasteiger partial charge in [-0.3, -0.25) is 0 Å². The predicted molar refractivity (Wildman–Crippen MR) is 74.0 cm³/mol. The molecule has 1 aromatic carbocycles. The fourth-order valence-electron chi connectivity index (χ4n) is 2.18. The van der Waals surface area contributed by atoms with Crippen molar-refractivity contribution in [2.45, 2.75) is 19.4 Å². The third-order valence-corrected chi connectivity index (χ3v) is 3.19. The van der Waals surface area contributed by atoms with Crippen molar-refractivity contribution in [3.05, 3.63) is 29.6 Å². The average molecular weight is 296 g/mol. The molecule has 0 radical (unpaired) electrons. The van der Waals surface area contributed by atoms with Gasteiger partial charge in [-0.1, -0.05) is 0 Å². The van der Waals surface area contributed by atoms with Crippen LogP contribution in [0.5, 0.6) is 0 Å². The summed E-state index contributed by atoms with van der Waals surface area (Å²) in [5.74, 6) is -1.96. The third-order valence-electron chi connectivity index (χ3n) is 3.19. The Kier molecular flexibility index (Phi) is 4.74. The van der Waals surface area contributed by atoms with Gasteiger partial charge in [0.05, 0.1) is 17.4 Å². The summed E-state index contributed by atoms with van der Waals surface area (Å²) in [5, 5.41) is 11.6. The molecule has 0 aromatic heterocycles. The Labute approximate surface area is 121 Å². The SMILES string of the molecule is CC1CN(C(=O)Nc2ccc(F)cc2C(=O)O)CCCO1. The number of urea groups is 1. The largest absolute Gasteiger partial charge is 0.478 e. The molecule has 6 nitrogen and oxygen atoms in total. The van der Waals surface area contributed by atoms with E-state index in [0.29, 0.717) is 26.1 Å². The molecular weight excluding hydrogens is 279 g/mol. The molecule has 2 rings (SSSR count). The number of aromatic carboxylic acids is 1. The van der Waals surface area contributed by atoms with Crippen LogP contribution < -0.4 is 5.32 Å². The molecule has 1 aromatic rings. The first kappa shape index (κ1) is 15.2. The number of anilines is 1. The number of carboxylic acid groups (broad SMARTS) is 1. The van der Waals surface area contributed by atoms with E-state index in [1.165, 1.54) is 6.07 Å². The Morgan fingerprint density at radius 3 is 2.95 bits per heavy atom. The highest BCUT2D eigenvalue weighted by Crippen LogP contribution is 2.18. The molecule has 2 N–H and O–H groups in total. The quantitative estimate of drug-likeness (QED) is 0.876. The number of carboxylic acids is 1. The lowest BCUT2D eigenvalue weighted by molar-refractivity contribution is 0.0696. The van der Waals surface area contributed by atoms with Gasteiger partial charge in [-0.15, -0.1) is 0 Å². The lowest BCUT2D eigenvalue weighted by atomic mass is 10.1. The molecule has 21 heavy (non-hydrogen) atoms. The number of carbonyl (C=O) groups excluding carboxylic acids is 1. The molecule has 1 unspecified atom stereocenters. The van der Waals surface area contributed by atoms with Crippen LogP contribution in [0, 0.1) is 5.82 Å². The Bertz CT molecular complexity index is 550. The minimum Gasteiger partial charge on any atom is -0.478 e. The van der Waals surface area contributed by atoms with Crippen molar-refractivity contribution >= 4 is 17.7 Å². The normalized spacial score (nSPS) is 19.0. The first-order valence-corrected chi connectivity index (χ1v) is 6.67.